The van der Waals surface area contributed by atoms with Gasteiger partial charge in [0.2, 0.25) is 0 Å². The van der Waals surface area contributed by atoms with Crippen molar-refractivity contribution < 1.29 is 9.53 Å². The highest BCUT2D eigenvalue weighted by Gasteiger charge is 2.15. The lowest BCUT2D eigenvalue weighted by molar-refractivity contribution is 0.0953. The number of aryl methyl sites for hydroxylation is 2. The summed E-state index contributed by atoms with van der Waals surface area (Å²) in [6, 6.07) is 11.7. The van der Waals surface area contributed by atoms with Crippen molar-refractivity contribution in [2.45, 2.75) is 40.0 Å². The third-order valence-electron chi connectivity index (χ3n) is 4.73. The van der Waals surface area contributed by atoms with Gasteiger partial charge in [0, 0.05) is 12.1 Å². The molecule has 0 aliphatic rings. The Bertz CT molecular complexity index is 960. The Hall–Kier alpha value is -2.82. The minimum absolute atomic E-state index is 0.0478. The summed E-state index contributed by atoms with van der Waals surface area (Å²) in [7, 11) is 1.67. The first-order valence-corrected chi connectivity index (χ1v) is 9.47. The average molecular weight is 365 g/mol. The van der Waals surface area contributed by atoms with Crippen LogP contribution in [-0.4, -0.2) is 29.1 Å². The molecule has 5 heteroatoms. The zero-order chi connectivity index (χ0) is 19.4. The first-order chi connectivity index (χ1) is 13.0. The summed E-state index contributed by atoms with van der Waals surface area (Å²) in [5.41, 5.74) is 4.50. The number of aromatic nitrogens is 2. The minimum Gasteiger partial charge on any atom is -0.495 e. The van der Waals surface area contributed by atoms with Gasteiger partial charge in [-0.15, -0.1) is 0 Å². The summed E-state index contributed by atoms with van der Waals surface area (Å²) in [6.45, 7) is 6.88. The number of carbonyl (C=O) groups excluding carboxylic acids is 1. The van der Waals surface area contributed by atoms with Crippen LogP contribution in [0, 0.1) is 13.8 Å². The van der Waals surface area contributed by atoms with E-state index in [0.717, 1.165) is 53.1 Å². The van der Waals surface area contributed by atoms with Crippen LogP contribution >= 0.6 is 0 Å². The third kappa shape index (κ3) is 3.97. The Balaban J connectivity index is 1.95. The van der Waals surface area contributed by atoms with Crippen molar-refractivity contribution in [1.29, 1.82) is 0 Å². The lowest BCUT2D eigenvalue weighted by Crippen LogP contribution is -2.24. The van der Waals surface area contributed by atoms with Crippen molar-refractivity contribution in [3.8, 4) is 11.4 Å². The van der Waals surface area contributed by atoms with Crippen molar-refractivity contribution in [2.24, 2.45) is 0 Å². The molecule has 3 rings (SSSR count). The maximum absolute atomic E-state index is 12.4. The number of ether oxygens (including phenoxy) is 1. The molecule has 1 amide bonds. The molecule has 0 saturated carbocycles. The minimum atomic E-state index is -0.0478. The summed E-state index contributed by atoms with van der Waals surface area (Å²) in [5.74, 6) is 1.60. The predicted octanol–water partition coefficient (Wildman–Crippen LogP) is 4.57. The Kier molecular flexibility index (Phi) is 5.79. The highest BCUT2D eigenvalue weighted by Crippen LogP contribution is 2.29. The van der Waals surface area contributed by atoms with Crippen LogP contribution in [0.25, 0.3) is 16.7 Å². The molecule has 0 radical (unpaired) electrons. The Morgan fingerprint density at radius 3 is 2.70 bits per heavy atom. The molecule has 27 heavy (non-hydrogen) atoms. The van der Waals surface area contributed by atoms with Crippen LogP contribution < -0.4 is 10.1 Å². The molecule has 142 valence electrons. The Labute approximate surface area is 160 Å². The molecule has 0 bridgehead atoms. The topological polar surface area (TPSA) is 56.2 Å². The molecule has 1 aromatic heterocycles. The Morgan fingerprint density at radius 2 is 1.96 bits per heavy atom. The van der Waals surface area contributed by atoms with Gasteiger partial charge in [-0.1, -0.05) is 25.8 Å². The fraction of sp³-hybridized carbons (Fsp3) is 0.364. The number of imidazole rings is 1. The summed E-state index contributed by atoms with van der Waals surface area (Å²) in [6.07, 6.45) is 3.27. The summed E-state index contributed by atoms with van der Waals surface area (Å²) >= 11 is 0. The van der Waals surface area contributed by atoms with Crippen LogP contribution in [0.4, 0.5) is 0 Å². The largest absolute Gasteiger partial charge is 0.495 e. The van der Waals surface area contributed by atoms with Crippen LogP contribution in [-0.2, 0) is 0 Å². The van der Waals surface area contributed by atoms with Gasteiger partial charge in [0.05, 0.1) is 23.8 Å². The van der Waals surface area contributed by atoms with Gasteiger partial charge in [0.1, 0.15) is 11.6 Å². The number of hydrogen-bond donors (Lipinski definition) is 1. The first-order valence-electron chi connectivity index (χ1n) is 9.47. The maximum Gasteiger partial charge on any atom is 0.251 e. The van der Waals surface area contributed by atoms with Crippen LogP contribution in [0.5, 0.6) is 5.75 Å². The number of methoxy groups -OCH3 is 1. The first kappa shape index (κ1) is 19.0. The molecule has 5 nitrogen and oxygen atoms in total. The summed E-state index contributed by atoms with van der Waals surface area (Å²) < 4.78 is 7.61. The van der Waals surface area contributed by atoms with Crippen LogP contribution in [0.1, 0.15) is 47.9 Å². The van der Waals surface area contributed by atoms with Gasteiger partial charge in [0.15, 0.2) is 0 Å². The number of amides is 1. The maximum atomic E-state index is 12.4. The van der Waals surface area contributed by atoms with E-state index in [1.807, 2.05) is 37.3 Å². The number of unbranched alkanes of at least 4 members (excludes halogenated alkanes) is 2. The van der Waals surface area contributed by atoms with Gasteiger partial charge in [-0.2, -0.15) is 0 Å². The number of nitrogens with zero attached hydrogens (tertiary/aromatic N) is 2. The number of carbonyl (C=O) groups is 1. The molecule has 0 aliphatic heterocycles. The fourth-order valence-corrected chi connectivity index (χ4v) is 3.30. The number of fused-ring (bicyclic) bond motifs is 1. The van der Waals surface area contributed by atoms with Crippen molar-refractivity contribution in [3.63, 3.8) is 0 Å². The molecule has 2 aromatic carbocycles. The van der Waals surface area contributed by atoms with E-state index in [2.05, 4.69) is 34.8 Å². The number of hydrogen-bond acceptors (Lipinski definition) is 3. The number of rotatable bonds is 7. The normalized spacial score (nSPS) is 11.0. The average Bonchev–Trinajstić information content (AvgIpc) is 2.99. The van der Waals surface area contributed by atoms with E-state index in [-0.39, 0.29) is 5.91 Å². The molecule has 3 aromatic rings. The highest BCUT2D eigenvalue weighted by atomic mass is 16.5. The smallest absolute Gasteiger partial charge is 0.251 e. The zero-order valence-corrected chi connectivity index (χ0v) is 16.5. The zero-order valence-electron chi connectivity index (χ0n) is 16.5. The van der Waals surface area contributed by atoms with Crippen molar-refractivity contribution in [1.82, 2.24) is 14.9 Å². The summed E-state index contributed by atoms with van der Waals surface area (Å²) in [4.78, 5) is 17.1. The molecule has 1 N–H and O–H groups in total. The molecule has 0 unspecified atom stereocenters. The van der Waals surface area contributed by atoms with E-state index in [1.165, 1.54) is 0 Å². The molecule has 0 aliphatic carbocycles. The molecule has 1 heterocycles. The highest BCUT2D eigenvalue weighted by molar-refractivity contribution is 5.97. The van der Waals surface area contributed by atoms with Crippen LogP contribution in [0.3, 0.4) is 0 Å². The number of benzene rings is 2. The molecular formula is C22H27N3O2. The second-order valence-corrected chi connectivity index (χ2v) is 6.84. The lowest BCUT2D eigenvalue weighted by atomic mass is 10.1. The van der Waals surface area contributed by atoms with E-state index in [4.69, 9.17) is 4.74 Å². The van der Waals surface area contributed by atoms with E-state index < -0.39 is 0 Å². The molecular weight excluding hydrogens is 338 g/mol. The molecule has 0 saturated heterocycles. The standard InChI is InChI=1S/C22H27N3O2/c1-5-6-7-12-23-22(26)17-9-10-19-18(14-17)24-16(3)25(19)20-13-15(2)8-11-21(20)27-4/h8-11,13-14H,5-7,12H2,1-4H3,(H,23,26). The second kappa shape index (κ2) is 8.25. The van der Waals surface area contributed by atoms with Crippen molar-refractivity contribution in [3.05, 3.63) is 53.3 Å². The molecule has 0 fully saturated rings. The second-order valence-electron chi connectivity index (χ2n) is 6.84. The van der Waals surface area contributed by atoms with Gasteiger partial charge < -0.3 is 10.1 Å². The van der Waals surface area contributed by atoms with Gasteiger partial charge >= 0.3 is 0 Å². The molecule has 0 atom stereocenters. The van der Waals surface area contributed by atoms with Crippen molar-refractivity contribution in [2.75, 3.05) is 13.7 Å². The monoisotopic (exact) mass is 365 g/mol. The Morgan fingerprint density at radius 1 is 1.15 bits per heavy atom. The lowest BCUT2D eigenvalue weighted by Gasteiger charge is -2.13. The SMILES string of the molecule is CCCCCNC(=O)c1ccc2c(c1)nc(C)n2-c1cc(C)ccc1OC. The fourth-order valence-electron chi connectivity index (χ4n) is 3.30. The van der Waals surface area contributed by atoms with Gasteiger partial charge in [-0.05, 0) is 56.2 Å². The van der Waals surface area contributed by atoms with Gasteiger partial charge in [-0.25, -0.2) is 4.98 Å². The van der Waals surface area contributed by atoms with E-state index in [9.17, 15) is 4.79 Å². The van der Waals surface area contributed by atoms with E-state index >= 15 is 0 Å². The predicted molar refractivity (Wildman–Crippen MR) is 109 cm³/mol. The van der Waals surface area contributed by atoms with Crippen LogP contribution in [0.15, 0.2) is 36.4 Å². The van der Waals surface area contributed by atoms with Crippen molar-refractivity contribution >= 4 is 16.9 Å². The van der Waals surface area contributed by atoms with Crippen LogP contribution in [0.2, 0.25) is 0 Å². The quantitative estimate of drug-likeness (QED) is 0.624. The third-order valence-corrected chi connectivity index (χ3v) is 4.73. The molecule has 0 spiro atoms. The van der Waals surface area contributed by atoms with Gasteiger partial charge in [0.25, 0.3) is 5.91 Å². The summed E-state index contributed by atoms with van der Waals surface area (Å²) in [5, 5.41) is 2.98. The van der Waals surface area contributed by atoms with Gasteiger partial charge in [-0.3, -0.25) is 9.36 Å². The van der Waals surface area contributed by atoms with E-state index in [1.54, 1.807) is 7.11 Å². The van der Waals surface area contributed by atoms with E-state index in [0.29, 0.717) is 12.1 Å². The number of nitrogens with one attached hydrogen (secondary N) is 1.